The first-order valence-corrected chi connectivity index (χ1v) is 5.42. The van der Waals surface area contributed by atoms with Gasteiger partial charge in [0, 0.05) is 23.7 Å². The highest BCUT2D eigenvalue weighted by molar-refractivity contribution is 5.32. The number of benzene rings is 1. The van der Waals surface area contributed by atoms with E-state index in [4.69, 9.17) is 10.5 Å². The van der Waals surface area contributed by atoms with Crippen molar-refractivity contribution in [2.75, 3.05) is 7.11 Å². The summed E-state index contributed by atoms with van der Waals surface area (Å²) in [4.78, 5) is 0. The van der Waals surface area contributed by atoms with E-state index >= 15 is 0 Å². The molecule has 2 nitrogen and oxygen atoms in total. The van der Waals surface area contributed by atoms with E-state index in [1.807, 2.05) is 0 Å². The maximum Gasteiger partial charge on any atom is 0.134 e. The van der Waals surface area contributed by atoms with Crippen molar-refractivity contribution in [2.45, 2.75) is 25.3 Å². The fraction of sp³-hybridized carbons (Fsp3) is 0.500. The summed E-state index contributed by atoms with van der Waals surface area (Å²) in [7, 11) is 1.37. The van der Waals surface area contributed by atoms with Gasteiger partial charge < -0.3 is 10.5 Å². The van der Waals surface area contributed by atoms with Gasteiger partial charge in [0.2, 0.25) is 0 Å². The summed E-state index contributed by atoms with van der Waals surface area (Å²) >= 11 is 0. The van der Waals surface area contributed by atoms with Gasteiger partial charge in [-0.05, 0) is 18.8 Å². The van der Waals surface area contributed by atoms with Crippen LogP contribution in [-0.2, 0) is 0 Å². The Morgan fingerprint density at radius 1 is 1.31 bits per heavy atom. The molecule has 0 radical (unpaired) electrons. The van der Waals surface area contributed by atoms with E-state index in [1.54, 1.807) is 0 Å². The molecule has 88 valence electrons. The first-order chi connectivity index (χ1) is 7.63. The molecule has 0 unspecified atom stereocenters. The van der Waals surface area contributed by atoms with Crippen LogP contribution >= 0.6 is 0 Å². The Morgan fingerprint density at radius 3 is 2.25 bits per heavy atom. The molecule has 0 aliphatic heterocycles. The first-order valence-electron chi connectivity index (χ1n) is 5.42. The van der Waals surface area contributed by atoms with Crippen LogP contribution in [0.1, 0.15) is 30.9 Å². The lowest BCUT2D eigenvalue weighted by Gasteiger charge is -2.31. The van der Waals surface area contributed by atoms with E-state index in [-0.39, 0.29) is 17.2 Å². The number of methoxy groups -OCH3 is 1. The highest BCUT2D eigenvalue weighted by Crippen LogP contribution is 2.38. The maximum atomic E-state index is 13.7. The van der Waals surface area contributed by atoms with E-state index in [1.165, 1.54) is 19.2 Å². The molecule has 0 heterocycles. The summed E-state index contributed by atoms with van der Waals surface area (Å²) in [6.45, 7) is 0. The SMILES string of the molecule is COc1cc(F)c([C@H](N)C2CCC2)c(F)c1. The van der Waals surface area contributed by atoms with Crippen molar-refractivity contribution in [3.63, 3.8) is 0 Å². The van der Waals surface area contributed by atoms with Crippen molar-refractivity contribution in [2.24, 2.45) is 11.7 Å². The van der Waals surface area contributed by atoms with Gasteiger partial charge in [0.25, 0.3) is 0 Å². The first kappa shape index (κ1) is 11.3. The molecule has 16 heavy (non-hydrogen) atoms. The van der Waals surface area contributed by atoms with Crippen molar-refractivity contribution >= 4 is 0 Å². The zero-order valence-corrected chi connectivity index (χ0v) is 9.17. The number of nitrogens with two attached hydrogens (primary N) is 1. The quantitative estimate of drug-likeness (QED) is 0.861. The van der Waals surface area contributed by atoms with Gasteiger partial charge in [-0.3, -0.25) is 0 Å². The lowest BCUT2D eigenvalue weighted by molar-refractivity contribution is 0.255. The number of halogens is 2. The molecule has 0 spiro atoms. The minimum Gasteiger partial charge on any atom is -0.497 e. The average molecular weight is 227 g/mol. The van der Waals surface area contributed by atoms with Gasteiger partial charge in [-0.1, -0.05) is 6.42 Å². The molecule has 0 saturated heterocycles. The molecule has 2 N–H and O–H groups in total. The van der Waals surface area contributed by atoms with Gasteiger partial charge in [0.15, 0.2) is 0 Å². The van der Waals surface area contributed by atoms with Crippen LogP contribution in [0.25, 0.3) is 0 Å². The van der Waals surface area contributed by atoms with E-state index in [2.05, 4.69) is 0 Å². The highest BCUT2D eigenvalue weighted by Gasteiger charge is 2.29. The zero-order chi connectivity index (χ0) is 11.7. The van der Waals surface area contributed by atoms with Crippen LogP contribution in [0, 0.1) is 17.6 Å². The van der Waals surface area contributed by atoms with Crippen LogP contribution in [-0.4, -0.2) is 7.11 Å². The number of hydrogen-bond donors (Lipinski definition) is 1. The lowest BCUT2D eigenvalue weighted by Crippen LogP contribution is -2.28. The molecule has 4 heteroatoms. The zero-order valence-electron chi connectivity index (χ0n) is 9.17. The molecule has 1 aromatic carbocycles. The van der Waals surface area contributed by atoms with Crippen molar-refractivity contribution in [3.8, 4) is 5.75 Å². The fourth-order valence-electron chi connectivity index (χ4n) is 2.03. The van der Waals surface area contributed by atoms with Crippen LogP contribution in [0.2, 0.25) is 0 Å². The topological polar surface area (TPSA) is 35.2 Å². The standard InChI is InChI=1S/C12H15F2NO/c1-16-8-5-9(13)11(10(14)6-8)12(15)7-3-2-4-7/h5-7,12H,2-4,15H2,1H3/t12-/m1/s1. The van der Waals surface area contributed by atoms with E-state index in [9.17, 15) is 8.78 Å². The second-order valence-electron chi connectivity index (χ2n) is 4.22. The fourth-order valence-corrected chi connectivity index (χ4v) is 2.03. The summed E-state index contributed by atoms with van der Waals surface area (Å²) in [5.41, 5.74) is 5.86. The number of rotatable bonds is 3. The maximum absolute atomic E-state index is 13.7. The molecule has 1 atom stereocenters. The van der Waals surface area contributed by atoms with E-state index in [0.717, 1.165) is 19.3 Å². The molecular formula is C12H15F2NO. The number of hydrogen-bond acceptors (Lipinski definition) is 2. The van der Waals surface area contributed by atoms with Gasteiger partial charge >= 0.3 is 0 Å². The molecular weight excluding hydrogens is 212 g/mol. The minimum atomic E-state index is -0.615. The van der Waals surface area contributed by atoms with Crippen LogP contribution in [0.15, 0.2) is 12.1 Å². The van der Waals surface area contributed by atoms with Gasteiger partial charge in [0.1, 0.15) is 17.4 Å². The van der Waals surface area contributed by atoms with Crippen molar-refractivity contribution in [1.29, 1.82) is 0 Å². The van der Waals surface area contributed by atoms with Crippen molar-refractivity contribution in [1.82, 2.24) is 0 Å². The molecule has 1 aliphatic rings. The third-order valence-corrected chi connectivity index (χ3v) is 3.28. The van der Waals surface area contributed by atoms with Crippen LogP contribution in [0.3, 0.4) is 0 Å². The summed E-state index contributed by atoms with van der Waals surface area (Å²) < 4.78 is 32.1. The Bertz CT molecular complexity index is 368. The molecule has 0 aromatic heterocycles. The van der Waals surface area contributed by atoms with Crippen molar-refractivity contribution in [3.05, 3.63) is 29.3 Å². The van der Waals surface area contributed by atoms with Gasteiger partial charge in [-0.15, -0.1) is 0 Å². The Morgan fingerprint density at radius 2 is 1.88 bits per heavy atom. The molecule has 0 amide bonds. The molecule has 1 fully saturated rings. The predicted molar refractivity (Wildman–Crippen MR) is 57.2 cm³/mol. The molecule has 1 aromatic rings. The monoisotopic (exact) mass is 227 g/mol. The van der Waals surface area contributed by atoms with Crippen molar-refractivity contribution < 1.29 is 13.5 Å². The van der Waals surface area contributed by atoms with Crippen LogP contribution in [0.4, 0.5) is 8.78 Å². The Balaban J connectivity index is 2.32. The van der Waals surface area contributed by atoms with Crippen LogP contribution in [0.5, 0.6) is 5.75 Å². The summed E-state index contributed by atoms with van der Waals surface area (Å²) in [5.74, 6) is -0.843. The summed E-state index contributed by atoms with van der Waals surface area (Å²) in [6.07, 6.45) is 3.00. The Labute approximate surface area is 93.4 Å². The van der Waals surface area contributed by atoms with Crippen LogP contribution < -0.4 is 10.5 Å². The van der Waals surface area contributed by atoms with Gasteiger partial charge in [-0.25, -0.2) is 8.78 Å². The normalized spacial score (nSPS) is 18.0. The predicted octanol–water partition coefficient (Wildman–Crippen LogP) is 2.77. The highest BCUT2D eigenvalue weighted by atomic mass is 19.1. The van der Waals surface area contributed by atoms with Gasteiger partial charge in [0.05, 0.1) is 7.11 Å². The molecule has 1 saturated carbocycles. The summed E-state index contributed by atoms with van der Waals surface area (Å²) in [6, 6.07) is 1.81. The van der Waals surface area contributed by atoms with Gasteiger partial charge in [-0.2, -0.15) is 0 Å². The lowest BCUT2D eigenvalue weighted by atomic mass is 9.77. The molecule has 0 bridgehead atoms. The smallest absolute Gasteiger partial charge is 0.134 e. The number of ether oxygens (including phenoxy) is 1. The largest absolute Gasteiger partial charge is 0.497 e. The average Bonchev–Trinajstić information content (AvgIpc) is 2.13. The molecule has 2 rings (SSSR count). The third kappa shape index (κ3) is 1.89. The van der Waals surface area contributed by atoms with E-state index < -0.39 is 17.7 Å². The third-order valence-electron chi connectivity index (χ3n) is 3.28. The summed E-state index contributed by atoms with van der Waals surface area (Å²) in [5, 5.41) is 0. The Kier molecular flexibility index (Phi) is 3.10. The molecule has 1 aliphatic carbocycles. The van der Waals surface area contributed by atoms with E-state index in [0.29, 0.717) is 0 Å². The second kappa shape index (κ2) is 4.37. The Hall–Kier alpha value is -1.16. The minimum absolute atomic E-state index is 0.00880. The second-order valence-corrected chi connectivity index (χ2v) is 4.22.